The van der Waals surface area contributed by atoms with Gasteiger partial charge in [0.15, 0.2) is 0 Å². The van der Waals surface area contributed by atoms with Crippen LogP contribution in [-0.4, -0.2) is 34.4 Å². The first-order valence-corrected chi connectivity index (χ1v) is 7.66. The van der Waals surface area contributed by atoms with Crippen molar-refractivity contribution in [3.8, 4) is 0 Å². The molecule has 1 aliphatic rings. The lowest BCUT2D eigenvalue weighted by atomic mass is 10.0. The molecule has 1 atom stereocenters. The van der Waals surface area contributed by atoms with Crippen molar-refractivity contribution in [2.24, 2.45) is 0 Å². The van der Waals surface area contributed by atoms with Crippen molar-refractivity contribution in [1.82, 2.24) is 10.4 Å². The number of carbonyl (C=O) groups excluding carboxylic acids is 2. The standard InChI is InChI=1S/C16H28N2O4/c1-15(2,3)21-13(19)17-18(12-10-8-7-9-11-12)14(20)22-16(4,5)6/h8,10,12H,7,9,11H2,1-6H3,(H,17,19). The third-order valence-corrected chi connectivity index (χ3v) is 2.76. The van der Waals surface area contributed by atoms with Crippen LogP contribution in [0.1, 0.15) is 60.8 Å². The molecule has 2 amide bonds. The zero-order chi connectivity index (χ0) is 17.0. The van der Waals surface area contributed by atoms with E-state index in [0.29, 0.717) is 0 Å². The SMILES string of the molecule is CC(C)(C)OC(=O)NN(C(=O)OC(C)(C)C)C1C=CCCC1. The van der Waals surface area contributed by atoms with Gasteiger partial charge in [-0.2, -0.15) is 0 Å². The number of allylic oxidation sites excluding steroid dienone is 1. The molecule has 1 unspecified atom stereocenters. The molecule has 0 spiro atoms. The molecule has 22 heavy (non-hydrogen) atoms. The van der Waals surface area contributed by atoms with Gasteiger partial charge in [-0.25, -0.2) is 20.0 Å². The maximum Gasteiger partial charge on any atom is 0.429 e. The number of nitrogens with one attached hydrogen (secondary N) is 1. The average molecular weight is 312 g/mol. The molecule has 6 nitrogen and oxygen atoms in total. The fraction of sp³-hybridized carbons (Fsp3) is 0.750. The number of carbonyl (C=O) groups is 2. The van der Waals surface area contributed by atoms with Crippen molar-refractivity contribution in [3.05, 3.63) is 12.2 Å². The molecule has 0 aromatic heterocycles. The Morgan fingerprint density at radius 3 is 2.14 bits per heavy atom. The van der Waals surface area contributed by atoms with Gasteiger partial charge in [0.25, 0.3) is 0 Å². The van der Waals surface area contributed by atoms with E-state index in [4.69, 9.17) is 9.47 Å². The van der Waals surface area contributed by atoms with Gasteiger partial charge in [-0.15, -0.1) is 0 Å². The van der Waals surface area contributed by atoms with Gasteiger partial charge in [-0.1, -0.05) is 12.2 Å². The van der Waals surface area contributed by atoms with Gasteiger partial charge in [0.2, 0.25) is 0 Å². The van der Waals surface area contributed by atoms with E-state index in [1.54, 1.807) is 41.5 Å². The van der Waals surface area contributed by atoms with E-state index in [9.17, 15) is 9.59 Å². The van der Waals surface area contributed by atoms with Crippen LogP contribution in [0, 0.1) is 0 Å². The molecule has 0 saturated carbocycles. The molecule has 126 valence electrons. The molecule has 1 aliphatic carbocycles. The minimum atomic E-state index is -0.669. The fourth-order valence-electron chi connectivity index (χ4n) is 1.98. The monoisotopic (exact) mass is 312 g/mol. The summed E-state index contributed by atoms with van der Waals surface area (Å²) in [4.78, 5) is 24.3. The molecule has 0 aromatic rings. The van der Waals surface area contributed by atoms with Crippen molar-refractivity contribution in [1.29, 1.82) is 0 Å². The predicted octanol–water partition coefficient (Wildman–Crippen LogP) is 3.77. The van der Waals surface area contributed by atoms with Crippen LogP contribution in [0.15, 0.2) is 12.2 Å². The lowest BCUT2D eigenvalue weighted by Crippen LogP contribution is -2.54. The largest absolute Gasteiger partial charge is 0.443 e. The maximum atomic E-state index is 12.4. The Balaban J connectivity index is 2.82. The maximum absolute atomic E-state index is 12.4. The summed E-state index contributed by atoms with van der Waals surface area (Å²) in [5.41, 5.74) is 1.24. The second-order valence-corrected chi connectivity index (χ2v) is 7.39. The Hall–Kier alpha value is -1.72. The molecular weight excluding hydrogens is 284 g/mol. The van der Waals surface area contributed by atoms with E-state index in [1.165, 1.54) is 5.01 Å². The average Bonchev–Trinajstić information content (AvgIpc) is 2.32. The number of ether oxygens (including phenoxy) is 2. The van der Waals surface area contributed by atoms with Gasteiger partial charge in [0.1, 0.15) is 11.2 Å². The third kappa shape index (κ3) is 6.83. The summed E-state index contributed by atoms with van der Waals surface area (Å²) >= 11 is 0. The van der Waals surface area contributed by atoms with E-state index in [-0.39, 0.29) is 6.04 Å². The van der Waals surface area contributed by atoms with E-state index >= 15 is 0 Å². The van der Waals surface area contributed by atoms with E-state index in [1.807, 2.05) is 12.2 Å². The van der Waals surface area contributed by atoms with Crippen LogP contribution < -0.4 is 5.43 Å². The van der Waals surface area contributed by atoms with Crippen LogP contribution in [0.5, 0.6) is 0 Å². The molecule has 1 N–H and O–H groups in total. The fourth-order valence-corrected chi connectivity index (χ4v) is 1.98. The molecule has 0 bridgehead atoms. The first-order valence-electron chi connectivity index (χ1n) is 7.66. The Morgan fingerprint density at radius 1 is 1.09 bits per heavy atom. The Kier molecular flexibility index (Phi) is 5.85. The highest BCUT2D eigenvalue weighted by atomic mass is 16.6. The van der Waals surface area contributed by atoms with Crippen molar-refractivity contribution in [2.75, 3.05) is 0 Å². The highest BCUT2D eigenvalue weighted by molar-refractivity contribution is 5.75. The molecule has 0 saturated heterocycles. The zero-order valence-corrected chi connectivity index (χ0v) is 14.4. The zero-order valence-electron chi connectivity index (χ0n) is 14.4. The van der Waals surface area contributed by atoms with E-state index < -0.39 is 23.4 Å². The van der Waals surface area contributed by atoms with Crippen molar-refractivity contribution >= 4 is 12.2 Å². The molecule has 0 radical (unpaired) electrons. The second-order valence-electron chi connectivity index (χ2n) is 7.39. The minimum absolute atomic E-state index is 0.226. The molecule has 1 rings (SSSR count). The Bertz CT molecular complexity index is 432. The lowest BCUT2D eigenvalue weighted by Gasteiger charge is -2.33. The van der Waals surface area contributed by atoms with Crippen molar-refractivity contribution in [3.63, 3.8) is 0 Å². The molecular formula is C16H28N2O4. The Labute approximate surface area is 132 Å². The predicted molar refractivity (Wildman–Crippen MR) is 84.2 cm³/mol. The van der Waals surface area contributed by atoms with Gasteiger partial charge in [0, 0.05) is 0 Å². The minimum Gasteiger partial charge on any atom is -0.443 e. The van der Waals surface area contributed by atoms with Gasteiger partial charge in [-0.3, -0.25) is 0 Å². The van der Waals surface area contributed by atoms with Crippen LogP contribution in [-0.2, 0) is 9.47 Å². The van der Waals surface area contributed by atoms with Crippen molar-refractivity contribution in [2.45, 2.75) is 78.0 Å². The summed E-state index contributed by atoms with van der Waals surface area (Å²) in [7, 11) is 0. The first-order chi connectivity index (χ1) is 9.98. The molecule has 0 fully saturated rings. The summed E-state index contributed by atoms with van der Waals surface area (Å²) in [6.45, 7) is 10.7. The normalized spacial score (nSPS) is 18.5. The van der Waals surface area contributed by atoms with Gasteiger partial charge in [-0.05, 0) is 60.8 Å². The third-order valence-electron chi connectivity index (χ3n) is 2.76. The summed E-state index contributed by atoms with van der Waals surface area (Å²) in [6.07, 6.45) is 5.35. The van der Waals surface area contributed by atoms with Gasteiger partial charge in [0.05, 0.1) is 6.04 Å². The van der Waals surface area contributed by atoms with Gasteiger partial charge < -0.3 is 9.47 Å². The van der Waals surface area contributed by atoms with Gasteiger partial charge >= 0.3 is 12.2 Å². The first kappa shape index (κ1) is 18.3. The number of hydrogen-bond acceptors (Lipinski definition) is 4. The number of hydrogen-bond donors (Lipinski definition) is 1. The summed E-state index contributed by atoms with van der Waals surface area (Å²) in [6, 6.07) is -0.226. The Morgan fingerprint density at radius 2 is 1.68 bits per heavy atom. The topological polar surface area (TPSA) is 67.9 Å². The number of hydrazine groups is 1. The van der Waals surface area contributed by atoms with E-state index in [2.05, 4.69) is 5.43 Å². The van der Waals surface area contributed by atoms with E-state index in [0.717, 1.165) is 19.3 Å². The molecule has 0 aliphatic heterocycles. The van der Waals surface area contributed by atoms with Crippen LogP contribution in [0.3, 0.4) is 0 Å². The number of rotatable bonds is 1. The van der Waals surface area contributed by atoms with Crippen LogP contribution in [0.2, 0.25) is 0 Å². The quantitative estimate of drug-likeness (QED) is 0.591. The highest BCUT2D eigenvalue weighted by Gasteiger charge is 2.30. The number of nitrogens with zero attached hydrogens (tertiary/aromatic N) is 1. The highest BCUT2D eigenvalue weighted by Crippen LogP contribution is 2.18. The van der Waals surface area contributed by atoms with Crippen molar-refractivity contribution < 1.29 is 19.1 Å². The summed E-state index contributed by atoms with van der Waals surface area (Å²) < 4.78 is 10.6. The van der Waals surface area contributed by atoms with Crippen LogP contribution >= 0.6 is 0 Å². The summed E-state index contributed by atoms with van der Waals surface area (Å²) in [5, 5.41) is 1.22. The smallest absolute Gasteiger partial charge is 0.429 e. The molecule has 0 heterocycles. The summed E-state index contributed by atoms with van der Waals surface area (Å²) in [5.74, 6) is 0. The molecule has 0 aromatic carbocycles. The van der Waals surface area contributed by atoms with Crippen LogP contribution in [0.4, 0.5) is 9.59 Å². The number of amides is 2. The molecule has 6 heteroatoms. The lowest BCUT2D eigenvalue weighted by molar-refractivity contribution is -0.00613. The van der Waals surface area contributed by atoms with Crippen LogP contribution in [0.25, 0.3) is 0 Å². The second kappa shape index (κ2) is 7.03.